The lowest BCUT2D eigenvalue weighted by molar-refractivity contribution is 0.0599. The first-order valence-corrected chi connectivity index (χ1v) is 11.4. The summed E-state index contributed by atoms with van der Waals surface area (Å²) in [6.07, 6.45) is 7.41. The van der Waals surface area contributed by atoms with Gasteiger partial charge < -0.3 is 20.4 Å². The first-order valence-electron chi connectivity index (χ1n) is 11.4. The standard InChI is InChI=1S/C23H36N4O4/c1-14-19(22(29)31-4)15(2)24-20(14)21(28)16(3)27-12-10-18(11-13-27)26-23(30)25-17-8-6-5-7-9-17/h16-18,24H,5-13H2,1-4H3,(H2,25,26,30). The van der Waals surface area contributed by atoms with Crippen LogP contribution < -0.4 is 10.6 Å². The molecular formula is C23H36N4O4. The van der Waals surface area contributed by atoms with E-state index in [4.69, 9.17) is 4.74 Å². The number of H-pyrrole nitrogens is 1. The predicted octanol–water partition coefficient (Wildman–Crippen LogP) is 3.09. The quantitative estimate of drug-likeness (QED) is 0.473. The minimum atomic E-state index is -0.434. The van der Waals surface area contributed by atoms with Gasteiger partial charge in [-0.2, -0.15) is 0 Å². The van der Waals surface area contributed by atoms with Crippen LogP contribution in [-0.4, -0.2) is 66.0 Å². The smallest absolute Gasteiger partial charge is 0.339 e. The maximum atomic E-state index is 13.1. The van der Waals surface area contributed by atoms with E-state index in [0.29, 0.717) is 28.6 Å². The second kappa shape index (κ2) is 10.3. The molecule has 1 saturated heterocycles. The zero-order valence-electron chi connectivity index (χ0n) is 19.2. The van der Waals surface area contributed by atoms with Gasteiger partial charge in [0.2, 0.25) is 0 Å². The highest BCUT2D eigenvalue weighted by atomic mass is 16.5. The van der Waals surface area contributed by atoms with Crippen LogP contribution in [0.1, 0.15) is 84.0 Å². The number of aromatic nitrogens is 1. The Morgan fingerprint density at radius 2 is 1.58 bits per heavy atom. The molecule has 0 aromatic carbocycles. The minimum absolute atomic E-state index is 0.0304. The highest BCUT2D eigenvalue weighted by Crippen LogP contribution is 2.23. The van der Waals surface area contributed by atoms with E-state index in [-0.39, 0.29) is 23.9 Å². The van der Waals surface area contributed by atoms with Crippen LogP contribution in [0, 0.1) is 13.8 Å². The van der Waals surface area contributed by atoms with Gasteiger partial charge >= 0.3 is 12.0 Å². The highest BCUT2D eigenvalue weighted by Gasteiger charge is 2.31. The van der Waals surface area contributed by atoms with Crippen molar-refractivity contribution in [2.24, 2.45) is 0 Å². The van der Waals surface area contributed by atoms with Crippen molar-refractivity contribution >= 4 is 17.8 Å². The summed E-state index contributed by atoms with van der Waals surface area (Å²) in [4.78, 5) is 42.7. The maximum absolute atomic E-state index is 13.1. The summed E-state index contributed by atoms with van der Waals surface area (Å²) in [5, 5.41) is 6.21. The molecular weight excluding hydrogens is 396 g/mol. The first-order chi connectivity index (χ1) is 14.8. The van der Waals surface area contributed by atoms with Crippen LogP contribution in [-0.2, 0) is 4.74 Å². The lowest BCUT2D eigenvalue weighted by atomic mass is 9.96. The van der Waals surface area contributed by atoms with E-state index in [1.807, 2.05) is 6.92 Å². The van der Waals surface area contributed by atoms with Gasteiger partial charge in [0.1, 0.15) is 0 Å². The molecule has 8 nitrogen and oxygen atoms in total. The zero-order valence-corrected chi connectivity index (χ0v) is 19.2. The molecule has 1 aliphatic heterocycles. The van der Waals surface area contributed by atoms with Crippen LogP contribution in [0.2, 0.25) is 0 Å². The van der Waals surface area contributed by atoms with Crippen LogP contribution in [0.25, 0.3) is 0 Å². The van der Waals surface area contributed by atoms with Crippen molar-refractivity contribution in [1.82, 2.24) is 20.5 Å². The molecule has 1 aromatic rings. The Morgan fingerprint density at radius 3 is 2.16 bits per heavy atom. The average molecular weight is 433 g/mol. The number of nitrogens with one attached hydrogen (secondary N) is 3. The van der Waals surface area contributed by atoms with Crippen molar-refractivity contribution in [3.63, 3.8) is 0 Å². The summed E-state index contributed by atoms with van der Waals surface area (Å²) in [6, 6.07) is 0.0537. The van der Waals surface area contributed by atoms with E-state index in [9.17, 15) is 14.4 Å². The van der Waals surface area contributed by atoms with Gasteiger partial charge in [-0.1, -0.05) is 19.3 Å². The third-order valence-corrected chi connectivity index (χ3v) is 6.81. The fraction of sp³-hybridized carbons (Fsp3) is 0.696. The number of aryl methyl sites for hydroxylation is 1. The largest absolute Gasteiger partial charge is 0.465 e. The number of hydrogen-bond donors (Lipinski definition) is 3. The molecule has 3 rings (SSSR count). The third-order valence-electron chi connectivity index (χ3n) is 6.81. The number of urea groups is 1. The molecule has 172 valence electrons. The van der Waals surface area contributed by atoms with Crippen molar-refractivity contribution in [3.05, 3.63) is 22.5 Å². The fourth-order valence-corrected chi connectivity index (χ4v) is 4.87. The lowest BCUT2D eigenvalue weighted by Gasteiger charge is -2.35. The number of ether oxygens (including phenoxy) is 1. The van der Waals surface area contributed by atoms with E-state index in [2.05, 4.69) is 20.5 Å². The average Bonchev–Trinajstić information content (AvgIpc) is 3.07. The van der Waals surface area contributed by atoms with Crippen molar-refractivity contribution in [2.45, 2.75) is 83.8 Å². The van der Waals surface area contributed by atoms with Crippen LogP contribution in [0.5, 0.6) is 0 Å². The summed E-state index contributed by atoms with van der Waals surface area (Å²) in [6.45, 7) is 6.93. The number of methoxy groups -OCH3 is 1. The molecule has 2 heterocycles. The Kier molecular flexibility index (Phi) is 7.75. The zero-order chi connectivity index (χ0) is 22.5. The highest BCUT2D eigenvalue weighted by molar-refractivity contribution is 6.03. The second-order valence-electron chi connectivity index (χ2n) is 8.92. The number of esters is 1. The Morgan fingerprint density at radius 1 is 1.00 bits per heavy atom. The van der Waals surface area contributed by atoms with Crippen LogP contribution in [0.3, 0.4) is 0 Å². The molecule has 3 N–H and O–H groups in total. The molecule has 0 spiro atoms. The molecule has 31 heavy (non-hydrogen) atoms. The molecule has 1 atom stereocenters. The number of rotatable bonds is 6. The van der Waals surface area contributed by atoms with Gasteiger partial charge in [-0.3, -0.25) is 9.69 Å². The van der Waals surface area contributed by atoms with Gasteiger partial charge in [-0.15, -0.1) is 0 Å². The van der Waals surface area contributed by atoms with Crippen molar-refractivity contribution in [1.29, 1.82) is 0 Å². The SMILES string of the molecule is COC(=O)c1c(C)[nH]c(C(=O)C(C)N2CCC(NC(=O)NC3CCCCC3)CC2)c1C. The fourth-order valence-electron chi connectivity index (χ4n) is 4.87. The van der Waals surface area contributed by atoms with Gasteiger partial charge in [-0.25, -0.2) is 9.59 Å². The topological polar surface area (TPSA) is 104 Å². The molecule has 1 unspecified atom stereocenters. The lowest BCUT2D eigenvalue weighted by Crippen LogP contribution is -2.52. The first kappa shape index (κ1) is 23.3. The number of Topliss-reactive ketones (excluding diaryl/α,β-unsaturated/α-hetero) is 1. The normalized spacial score (nSPS) is 19.6. The number of carbonyl (C=O) groups is 3. The van der Waals surface area contributed by atoms with Gasteiger partial charge in [-0.05, 0) is 52.0 Å². The van der Waals surface area contributed by atoms with Crippen molar-refractivity contribution in [3.8, 4) is 0 Å². The van der Waals surface area contributed by atoms with Gasteiger partial charge in [0, 0.05) is 30.9 Å². The molecule has 1 saturated carbocycles. The molecule has 0 radical (unpaired) electrons. The molecule has 8 heteroatoms. The summed E-state index contributed by atoms with van der Waals surface area (Å²) < 4.78 is 4.84. The van der Waals surface area contributed by atoms with E-state index < -0.39 is 5.97 Å². The van der Waals surface area contributed by atoms with E-state index in [1.54, 1.807) is 13.8 Å². The Bertz CT molecular complexity index is 805. The van der Waals surface area contributed by atoms with Crippen LogP contribution >= 0.6 is 0 Å². The third kappa shape index (κ3) is 5.47. The summed E-state index contributed by atoms with van der Waals surface area (Å²) in [7, 11) is 1.34. The predicted molar refractivity (Wildman–Crippen MR) is 119 cm³/mol. The van der Waals surface area contributed by atoms with Crippen LogP contribution in [0.4, 0.5) is 4.79 Å². The van der Waals surface area contributed by atoms with Gasteiger partial charge in [0.25, 0.3) is 0 Å². The van der Waals surface area contributed by atoms with Crippen molar-refractivity contribution in [2.75, 3.05) is 20.2 Å². The number of carbonyl (C=O) groups excluding carboxylic acids is 3. The van der Waals surface area contributed by atoms with Crippen LogP contribution in [0.15, 0.2) is 0 Å². The monoisotopic (exact) mass is 432 g/mol. The number of hydrogen-bond acceptors (Lipinski definition) is 5. The van der Waals surface area contributed by atoms with Crippen molar-refractivity contribution < 1.29 is 19.1 Å². The summed E-state index contributed by atoms with van der Waals surface area (Å²) in [5.74, 6) is -0.464. The number of aromatic amines is 1. The number of nitrogens with zero attached hydrogens (tertiary/aromatic N) is 1. The number of amides is 2. The van der Waals surface area contributed by atoms with Gasteiger partial charge in [0.05, 0.1) is 24.4 Å². The number of likely N-dealkylation sites (tertiary alicyclic amines) is 1. The second-order valence-corrected chi connectivity index (χ2v) is 8.92. The Balaban J connectivity index is 1.52. The maximum Gasteiger partial charge on any atom is 0.339 e. The molecule has 2 amide bonds. The van der Waals surface area contributed by atoms with E-state index in [1.165, 1.54) is 26.4 Å². The Hall–Kier alpha value is -2.35. The molecule has 1 aliphatic carbocycles. The summed E-state index contributed by atoms with van der Waals surface area (Å²) >= 11 is 0. The molecule has 0 bridgehead atoms. The van der Waals surface area contributed by atoms with E-state index in [0.717, 1.165) is 38.8 Å². The number of piperidine rings is 1. The molecule has 2 aliphatic rings. The van der Waals surface area contributed by atoms with Gasteiger partial charge in [0.15, 0.2) is 5.78 Å². The Labute approximate surface area is 184 Å². The van der Waals surface area contributed by atoms with E-state index >= 15 is 0 Å². The molecule has 1 aromatic heterocycles. The molecule has 2 fully saturated rings. The minimum Gasteiger partial charge on any atom is -0.465 e. The summed E-state index contributed by atoms with van der Waals surface area (Å²) in [5.41, 5.74) is 2.19. The number of ketones is 1.